The number of ether oxygens (including phenoxy) is 2. The van der Waals surface area contributed by atoms with E-state index in [1.165, 1.54) is 0 Å². The largest absolute Gasteiger partial charge is 0.497 e. The highest BCUT2D eigenvalue weighted by Crippen LogP contribution is 2.32. The summed E-state index contributed by atoms with van der Waals surface area (Å²) in [6.07, 6.45) is 8.84. The molecule has 192 valence electrons. The lowest BCUT2D eigenvalue weighted by atomic mass is 10.0. The molecule has 1 amide bonds. The van der Waals surface area contributed by atoms with Crippen LogP contribution in [0.15, 0.2) is 55.1 Å². The fourth-order valence-corrected chi connectivity index (χ4v) is 4.56. The first kappa shape index (κ1) is 24.5. The number of carbonyl (C=O) groups excluding carboxylic acids is 1. The summed E-state index contributed by atoms with van der Waals surface area (Å²) in [4.78, 5) is 23.2. The Bertz CT molecular complexity index is 1430. The molecule has 0 atom stereocenters. The second-order valence-electron chi connectivity index (χ2n) is 10.3. The van der Waals surface area contributed by atoms with Crippen molar-refractivity contribution in [3.8, 4) is 28.1 Å². The Morgan fingerprint density at radius 2 is 1.78 bits per heavy atom. The first-order chi connectivity index (χ1) is 17.7. The number of benzene rings is 1. The highest BCUT2D eigenvalue weighted by molar-refractivity contribution is 5.88. The Hall–Kier alpha value is -4.14. The van der Waals surface area contributed by atoms with Gasteiger partial charge in [-0.3, -0.25) is 9.67 Å². The van der Waals surface area contributed by atoms with Gasteiger partial charge < -0.3 is 20.1 Å². The average Bonchev–Trinajstić information content (AvgIpc) is 3.38. The number of aromatic nitrogens is 4. The zero-order valence-electron chi connectivity index (χ0n) is 21.6. The van der Waals surface area contributed by atoms with Crippen molar-refractivity contribution in [3.63, 3.8) is 0 Å². The molecular formula is C28H32N6O3. The molecule has 37 heavy (non-hydrogen) atoms. The van der Waals surface area contributed by atoms with Crippen LogP contribution in [0.25, 0.3) is 33.2 Å². The molecule has 4 aromatic rings. The van der Waals surface area contributed by atoms with Gasteiger partial charge in [-0.25, -0.2) is 9.78 Å². The summed E-state index contributed by atoms with van der Waals surface area (Å²) in [5, 5.41) is 6.66. The predicted octanol–water partition coefficient (Wildman–Crippen LogP) is 5.32. The number of fused-ring (bicyclic) bond motifs is 1. The van der Waals surface area contributed by atoms with Crippen LogP contribution in [0.3, 0.4) is 0 Å². The van der Waals surface area contributed by atoms with Crippen LogP contribution in [0, 0.1) is 0 Å². The molecule has 1 aliphatic heterocycles. The molecule has 3 aromatic heterocycles. The number of pyridine rings is 2. The van der Waals surface area contributed by atoms with Crippen molar-refractivity contribution in [2.45, 2.75) is 45.3 Å². The van der Waals surface area contributed by atoms with Crippen molar-refractivity contribution >= 4 is 22.7 Å². The minimum Gasteiger partial charge on any atom is -0.497 e. The molecule has 0 saturated carbocycles. The van der Waals surface area contributed by atoms with Crippen molar-refractivity contribution < 1.29 is 14.3 Å². The summed E-state index contributed by atoms with van der Waals surface area (Å²) in [6.45, 7) is 6.93. The van der Waals surface area contributed by atoms with Gasteiger partial charge in [0.1, 0.15) is 17.2 Å². The van der Waals surface area contributed by atoms with Gasteiger partial charge in [-0.05, 0) is 63.3 Å². The van der Waals surface area contributed by atoms with Crippen molar-refractivity contribution in [2.75, 3.05) is 25.9 Å². The van der Waals surface area contributed by atoms with E-state index in [0.29, 0.717) is 18.9 Å². The fourth-order valence-electron chi connectivity index (χ4n) is 4.56. The molecule has 9 nitrogen and oxygen atoms in total. The molecule has 1 fully saturated rings. The van der Waals surface area contributed by atoms with Gasteiger partial charge in [0.25, 0.3) is 0 Å². The number of hydrogen-bond acceptors (Lipinski definition) is 7. The van der Waals surface area contributed by atoms with Crippen LogP contribution < -0.4 is 10.5 Å². The highest BCUT2D eigenvalue weighted by Gasteiger charge is 2.28. The molecular weight excluding hydrogens is 468 g/mol. The Kier molecular flexibility index (Phi) is 6.45. The topological polar surface area (TPSA) is 108 Å². The number of methoxy groups -OCH3 is 1. The number of amides is 1. The summed E-state index contributed by atoms with van der Waals surface area (Å²) in [5.74, 6) is 1.21. The fraction of sp³-hybridized carbons (Fsp3) is 0.357. The van der Waals surface area contributed by atoms with Crippen molar-refractivity contribution in [1.29, 1.82) is 0 Å². The molecule has 0 unspecified atom stereocenters. The second-order valence-corrected chi connectivity index (χ2v) is 10.3. The van der Waals surface area contributed by atoms with Crippen LogP contribution in [0.4, 0.5) is 10.6 Å². The van der Waals surface area contributed by atoms with E-state index in [2.05, 4.69) is 15.1 Å². The van der Waals surface area contributed by atoms with Gasteiger partial charge in [0, 0.05) is 53.8 Å². The second kappa shape index (κ2) is 9.72. The molecule has 1 saturated heterocycles. The number of nitrogens with two attached hydrogens (primary N) is 1. The Morgan fingerprint density at radius 1 is 1.00 bits per heavy atom. The molecule has 0 bridgehead atoms. The zero-order chi connectivity index (χ0) is 26.2. The van der Waals surface area contributed by atoms with E-state index in [-0.39, 0.29) is 12.1 Å². The Labute approximate surface area is 216 Å². The third-order valence-corrected chi connectivity index (χ3v) is 6.55. The Balaban J connectivity index is 1.33. The van der Waals surface area contributed by atoms with Gasteiger partial charge in [-0.1, -0.05) is 6.07 Å². The molecule has 1 aliphatic rings. The summed E-state index contributed by atoms with van der Waals surface area (Å²) in [5.41, 5.74) is 9.15. The minimum atomic E-state index is -0.493. The molecule has 5 rings (SSSR count). The molecule has 2 N–H and O–H groups in total. The van der Waals surface area contributed by atoms with Gasteiger partial charge in [-0.2, -0.15) is 5.10 Å². The van der Waals surface area contributed by atoms with Crippen LogP contribution in [-0.4, -0.2) is 56.5 Å². The van der Waals surface area contributed by atoms with Crippen molar-refractivity contribution in [2.24, 2.45) is 0 Å². The maximum Gasteiger partial charge on any atom is 0.410 e. The number of nitrogens with zero attached hydrogens (tertiary/aromatic N) is 5. The highest BCUT2D eigenvalue weighted by atomic mass is 16.6. The van der Waals surface area contributed by atoms with Crippen LogP contribution in [0.1, 0.15) is 39.7 Å². The maximum atomic E-state index is 12.4. The van der Waals surface area contributed by atoms with E-state index in [0.717, 1.165) is 51.7 Å². The van der Waals surface area contributed by atoms with Gasteiger partial charge >= 0.3 is 6.09 Å². The summed E-state index contributed by atoms with van der Waals surface area (Å²) < 4.78 is 12.8. The SMILES string of the molecule is COc1ccc2cc(-c3cc(-c4cnn(C5CCN(C(=O)OC(C)(C)C)CC5)c4)cnc3N)ncc2c1. The monoisotopic (exact) mass is 500 g/mol. The van der Waals surface area contributed by atoms with Crippen molar-refractivity contribution in [1.82, 2.24) is 24.6 Å². The molecule has 0 radical (unpaired) electrons. The third kappa shape index (κ3) is 5.35. The van der Waals surface area contributed by atoms with Crippen LogP contribution in [0.5, 0.6) is 5.75 Å². The number of piperidine rings is 1. The summed E-state index contributed by atoms with van der Waals surface area (Å²) >= 11 is 0. The van der Waals surface area contributed by atoms with E-state index >= 15 is 0 Å². The van der Waals surface area contributed by atoms with Crippen LogP contribution >= 0.6 is 0 Å². The number of hydrogen-bond donors (Lipinski definition) is 1. The van der Waals surface area contributed by atoms with Crippen LogP contribution in [0.2, 0.25) is 0 Å². The maximum absolute atomic E-state index is 12.4. The summed E-state index contributed by atoms with van der Waals surface area (Å²) in [7, 11) is 1.65. The number of nitrogen functional groups attached to an aromatic ring is 1. The molecule has 4 heterocycles. The number of carbonyl (C=O) groups is 1. The lowest BCUT2D eigenvalue weighted by molar-refractivity contribution is 0.0185. The smallest absolute Gasteiger partial charge is 0.410 e. The third-order valence-electron chi connectivity index (χ3n) is 6.55. The van der Waals surface area contributed by atoms with Crippen molar-refractivity contribution in [3.05, 3.63) is 55.1 Å². The Morgan fingerprint density at radius 3 is 2.51 bits per heavy atom. The number of rotatable bonds is 4. The van der Waals surface area contributed by atoms with Gasteiger partial charge in [0.15, 0.2) is 0 Å². The first-order valence-electron chi connectivity index (χ1n) is 12.4. The molecule has 1 aromatic carbocycles. The first-order valence-corrected chi connectivity index (χ1v) is 12.4. The van der Waals surface area contributed by atoms with Gasteiger partial charge in [-0.15, -0.1) is 0 Å². The predicted molar refractivity (Wildman–Crippen MR) is 143 cm³/mol. The molecule has 9 heteroatoms. The van der Waals surface area contributed by atoms with E-state index in [4.69, 9.17) is 15.2 Å². The minimum absolute atomic E-state index is 0.216. The number of likely N-dealkylation sites (tertiary alicyclic amines) is 1. The molecule has 0 spiro atoms. The molecule has 0 aliphatic carbocycles. The normalized spacial score (nSPS) is 14.6. The standard InChI is InChI=1S/C28H32N6O3/c1-28(2,3)37-27(35)33-9-7-22(8-10-33)34-17-21(16-32-34)20-12-24(26(29)31-15-20)25-13-18-5-6-23(36-4)11-19(18)14-30-25/h5-6,11-17,22H,7-10H2,1-4H3,(H2,29,31). The lowest BCUT2D eigenvalue weighted by Gasteiger charge is -2.33. The van der Waals surface area contributed by atoms with E-state index in [1.807, 2.05) is 74.4 Å². The summed E-state index contributed by atoms with van der Waals surface area (Å²) in [6, 6.07) is 10.1. The van der Waals surface area contributed by atoms with Gasteiger partial charge in [0.2, 0.25) is 0 Å². The average molecular weight is 501 g/mol. The number of anilines is 1. The van der Waals surface area contributed by atoms with Gasteiger partial charge in [0.05, 0.1) is 25.0 Å². The van der Waals surface area contributed by atoms with Crippen LogP contribution in [-0.2, 0) is 4.74 Å². The van der Waals surface area contributed by atoms with E-state index < -0.39 is 5.60 Å². The van der Waals surface area contributed by atoms with E-state index in [1.54, 1.807) is 18.2 Å². The quantitative estimate of drug-likeness (QED) is 0.404. The zero-order valence-corrected chi connectivity index (χ0v) is 21.6. The van der Waals surface area contributed by atoms with E-state index in [9.17, 15) is 4.79 Å². The lowest BCUT2D eigenvalue weighted by Crippen LogP contribution is -2.42.